The largest absolute Gasteiger partial charge is 0.345 e. The molecule has 1 heterocycles. The zero-order valence-corrected chi connectivity index (χ0v) is 14.9. The van der Waals surface area contributed by atoms with Gasteiger partial charge in [-0.2, -0.15) is 0 Å². The van der Waals surface area contributed by atoms with Crippen molar-refractivity contribution in [2.24, 2.45) is 0 Å². The molecule has 0 aliphatic carbocycles. The summed E-state index contributed by atoms with van der Waals surface area (Å²) in [5.41, 5.74) is 4.67. The third-order valence-corrected chi connectivity index (χ3v) is 5.38. The third-order valence-electron chi connectivity index (χ3n) is 3.64. The number of hydrogen-bond donors (Lipinski definition) is 1. The van der Waals surface area contributed by atoms with Crippen LogP contribution in [-0.4, -0.2) is 10.9 Å². The van der Waals surface area contributed by atoms with Gasteiger partial charge in [-0.1, -0.05) is 42.5 Å². The Balaban J connectivity index is 1.70. The van der Waals surface area contributed by atoms with Gasteiger partial charge in [0.1, 0.15) is 0 Å². The van der Waals surface area contributed by atoms with E-state index in [0.29, 0.717) is 5.56 Å². The molecule has 1 N–H and O–H groups in total. The lowest BCUT2D eigenvalue weighted by molar-refractivity contribution is 0.0937. The Hall–Kier alpha value is -2.11. The fraction of sp³-hybridized carbons (Fsp3) is 0.158. The number of carbonyl (C=O) groups is 1. The van der Waals surface area contributed by atoms with Crippen LogP contribution in [-0.2, 0) is 5.75 Å². The molecule has 0 aliphatic rings. The van der Waals surface area contributed by atoms with E-state index >= 15 is 0 Å². The van der Waals surface area contributed by atoms with Gasteiger partial charge in [0.25, 0.3) is 5.91 Å². The predicted molar refractivity (Wildman–Crippen MR) is 100 cm³/mol. The van der Waals surface area contributed by atoms with Crippen molar-refractivity contribution in [1.82, 2.24) is 10.3 Å². The second-order valence-electron chi connectivity index (χ2n) is 5.37. The first-order chi connectivity index (χ1) is 11.7. The van der Waals surface area contributed by atoms with Crippen molar-refractivity contribution in [3.63, 3.8) is 0 Å². The molecule has 2 aromatic carbocycles. The van der Waals surface area contributed by atoms with E-state index in [1.165, 1.54) is 0 Å². The predicted octanol–water partition coefficient (Wildman–Crippen LogP) is 4.93. The van der Waals surface area contributed by atoms with Crippen LogP contribution < -0.4 is 5.32 Å². The molecule has 1 aromatic heterocycles. The van der Waals surface area contributed by atoms with Crippen LogP contribution in [0.25, 0.3) is 0 Å². The number of thiazole rings is 1. The third kappa shape index (κ3) is 4.24. The number of thioether (sulfide) groups is 1. The topological polar surface area (TPSA) is 42.0 Å². The SMILES string of the molecule is CC(NC(=O)c1ccccc1SCc1cscn1)c1ccccc1. The van der Waals surface area contributed by atoms with Crippen molar-refractivity contribution in [3.05, 3.63) is 82.3 Å². The molecule has 1 unspecified atom stereocenters. The maximum Gasteiger partial charge on any atom is 0.252 e. The molecule has 24 heavy (non-hydrogen) atoms. The molecule has 0 aliphatic heterocycles. The van der Waals surface area contributed by atoms with Crippen LogP contribution in [0, 0.1) is 0 Å². The van der Waals surface area contributed by atoms with Crippen molar-refractivity contribution in [2.45, 2.75) is 23.6 Å². The molecule has 0 radical (unpaired) electrons. The van der Waals surface area contributed by atoms with E-state index < -0.39 is 0 Å². The number of amides is 1. The van der Waals surface area contributed by atoms with E-state index in [1.54, 1.807) is 23.1 Å². The molecule has 3 nitrogen and oxygen atoms in total. The number of nitrogens with zero attached hydrogens (tertiary/aromatic N) is 1. The van der Waals surface area contributed by atoms with Gasteiger partial charge in [0, 0.05) is 16.0 Å². The van der Waals surface area contributed by atoms with Crippen molar-refractivity contribution in [3.8, 4) is 0 Å². The Kier molecular flexibility index (Phi) is 5.67. The van der Waals surface area contributed by atoms with Gasteiger partial charge in [-0.25, -0.2) is 4.98 Å². The minimum atomic E-state index is -0.0484. The van der Waals surface area contributed by atoms with E-state index in [1.807, 2.05) is 72.4 Å². The van der Waals surface area contributed by atoms with Gasteiger partial charge >= 0.3 is 0 Å². The highest BCUT2D eigenvalue weighted by Crippen LogP contribution is 2.26. The fourth-order valence-corrected chi connectivity index (χ4v) is 3.96. The minimum Gasteiger partial charge on any atom is -0.345 e. The van der Waals surface area contributed by atoms with E-state index in [9.17, 15) is 4.79 Å². The number of benzene rings is 2. The Bertz CT molecular complexity index is 788. The van der Waals surface area contributed by atoms with Gasteiger partial charge in [-0.3, -0.25) is 4.79 Å². The molecule has 0 fully saturated rings. The highest BCUT2D eigenvalue weighted by Gasteiger charge is 2.15. The maximum atomic E-state index is 12.7. The average molecular weight is 354 g/mol. The summed E-state index contributed by atoms with van der Waals surface area (Å²) in [5.74, 6) is 0.718. The highest BCUT2D eigenvalue weighted by molar-refractivity contribution is 7.98. The molecule has 122 valence electrons. The van der Waals surface area contributed by atoms with Crippen molar-refractivity contribution >= 4 is 29.0 Å². The van der Waals surface area contributed by atoms with Gasteiger partial charge in [0.15, 0.2) is 0 Å². The lowest BCUT2D eigenvalue weighted by atomic mass is 10.1. The van der Waals surface area contributed by atoms with Crippen LogP contribution in [0.1, 0.15) is 34.6 Å². The molecular weight excluding hydrogens is 336 g/mol. The first kappa shape index (κ1) is 16.7. The molecule has 0 saturated carbocycles. The normalized spacial score (nSPS) is 11.9. The number of carbonyl (C=O) groups excluding carboxylic acids is 1. The molecule has 0 bridgehead atoms. The molecule has 1 amide bonds. The first-order valence-electron chi connectivity index (χ1n) is 7.69. The summed E-state index contributed by atoms with van der Waals surface area (Å²) in [4.78, 5) is 17.9. The number of nitrogens with one attached hydrogen (secondary N) is 1. The van der Waals surface area contributed by atoms with Crippen LogP contribution >= 0.6 is 23.1 Å². The second kappa shape index (κ2) is 8.13. The van der Waals surface area contributed by atoms with Crippen LogP contribution in [0.5, 0.6) is 0 Å². The van der Waals surface area contributed by atoms with Gasteiger partial charge in [-0.05, 0) is 24.6 Å². The Morgan fingerprint density at radius 1 is 1.17 bits per heavy atom. The van der Waals surface area contributed by atoms with Crippen molar-refractivity contribution < 1.29 is 4.79 Å². The summed E-state index contributed by atoms with van der Waals surface area (Å²) in [6.07, 6.45) is 0. The fourth-order valence-electron chi connectivity index (χ4n) is 2.34. The molecule has 0 saturated heterocycles. The van der Waals surface area contributed by atoms with Crippen LogP contribution in [0.2, 0.25) is 0 Å². The summed E-state index contributed by atoms with van der Waals surface area (Å²) in [6.45, 7) is 2.00. The van der Waals surface area contributed by atoms with Gasteiger partial charge in [-0.15, -0.1) is 23.1 Å². The van der Waals surface area contributed by atoms with E-state index in [4.69, 9.17) is 0 Å². The standard InChI is InChI=1S/C19H18N2OS2/c1-14(15-7-3-2-4-8-15)21-19(22)17-9-5-6-10-18(17)24-12-16-11-23-13-20-16/h2-11,13-14H,12H2,1H3,(H,21,22). The molecule has 3 rings (SSSR count). The quantitative estimate of drug-likeness (QED) is 0.639. The monoisotopic (exact) mass is 354 g/mol. The lowest BCUT2D eigenvalue weighted by Crippen LogP contribution is -2.27. The highest BCUT2D eigenvalue weighted by atomic mass is 32.2. The minimum absolute atomic E-state index is 0.0321. The zero-order chi connectivity index (χ0) is 16.8. The summed E-state index contributed by atoms with van der Waals surface area (Å²) in [6, 6.07) is 17.7. The van der Waals surface area contributed by atoms with Crippen LogP contribution in [0.3, 0.4) is 0 Å². The summed E-state index contributed by atoms with van der Waals surface area (Å²) in [5, 5.41) is 5.12. The van der Waals surface area contributed by atoms with Crippen LogP contribution in [0.15, 0.2) is 70.4 Å². The number of aromatic nitrogens is 1. The summed E-state index contributed by atoms with van der Waals surface area (Å²) in [7, 11) is 0. The molecule has 5 heteroatoms. The second-order valence-corrected chi connectivity index (χ2v) is 7.11. The smallest absolute Gasteiger partial charge is 0.252 e. The van der Waals surface area contributed by atoms with Gasteiger partial charge in [0.2, 0.25) is 0 Å². The van der Waals surface area contributed by atoms with Crippen molar-refractivity contribution in [2.75, 3.05) is 0 Å². The maximum absolute atomic E-state index is 12.7. The first-order valence-corrected chi connectivity index (χ1v) is 9.61. The Morgan fingerprint density at radius 2 is 1.92 bits per heavy atom. The Morgan fingerprint density at radius 3 is 2.67 bits per heavy atom. The molecular formula is C19H18N2OS2. The van der Waals surface area contributed by atoms with E-state index in [-0.39, 0.29) is 11.9 Å². The van der Waals surface area contributed by atoms with Crippen molar-refractivity contribution in [1.29, 1.82) is 0 Å². The number of hydrogen-bond acceptors (Lipinski definition) is 4. The van der Waals surface area contributed by atoms with Gasteiger partial charge < -0.3 is 5.32 Å². The zero-order valence-electron chi connectivity index (χ0n) is 13.3. The van der Waals surface area contributed by atoms with E-state index in [2.05, 4.69) is 10.3 Å². The summed E-state index contributed by atoms with van der Waals surface area (Å²) < 4.78 is 0. The summed E-state index contributed by atoms with van der Waals surface area (Å²) >= 11 is 3.23. The van der Waals surface area contributed by atoms with Gasteiger partial charge in [0.05, 0.1) is 22.8 Å². The lowest BCUT2D eigenvalue weighted by Gasteiger charge is -2.16. The number of rotatable bonds is 6. The molecule has 3 aromatic rings. The van der Waals surface area contributed by atoms with E-state index in [0.717, 1.165) is 21.9 Å². The Labute approximate surface area is 150 Å². The molecule has 1 atom stereocenters. The average Bonchev–Trinajstić information content (AvgIpc) is 3.14. The molecule has 0 spiro atoms. The van der Waals surface area contributed by atoms with Crippen LogP contribution in [0.4, 0.5) is 0 Å².